The fourth-order valence-corrected chi connectivity index (χ4v) is 7.69. The Labute approximate surface area is 243 Å². The molecule has 0 radical (unpaired) electrons. The van der Waals surface area contributed by atoms with E-state index in [1.165, 1.54) is 38.2 Å². The van der Waals surface area contributed by atoms with Crippen molar-refractivity contribution >= 4 is 34.8 Å². The van der Waals surface area contributed by atoms with E-state index < -0.39 is 0 Å². The maximum Gasteiger partial charge on any atom is 4.00 e. The summed E-state index contributed by atoms with van der Waals surface area (Å²) in [6.07, 6.45) is 0. The number of hydrogen-bond acceptors (Lipinski definition) is 0. The van der Waals surface area contributed by atoms with Gasteiger partial charge in [0, 0.05) is 0 Å². The normalized spacial score (nSPS) is 10.5. The number of benzene rings is 3. The molecule has 0 unspecified atom stereocenters. The van der Waals surface area contributed by atoms with Crippen LogP contribution in [0.5, 0.6) is 0 Å². The Kier molecular flexibility index (Phi) is 13.2. The van der Waals surface area contributed by atoms with Crippen LogP contribution in [-0.4, -0.2) is 11.3 Å². The predicted octanol–water partition coefficient (Wildman–Crippen LogP) is 3.02. The van der Waals surface area contributed by atoms with Crippen LogP contribution in [0, 0.1) is 6.92 Å². The molecule has 0 atom stereocenters. The summed E-state index contributed by atoms with van der Waals surface area (Å²) >= 11 is 0. The number of fused-ring (bicyclic) bond motifs is 2. The van der Waals surface area contributed by atoms with Gasteiger partial charge in [0.1, 0.15) is 0 Å². The molecule has 5 aromatic carbocycles. The third-order valence-corrected chi connectivity index (χ3v) is 9.07. The van der Waals surface area contributed by atoms with Crippen LogP contribution in [0.4, 0.5) is 0 Å². The van der Waals surface area contributed by atoms with Crippen molar-refractivity contribution < 1.29 is 50.7 Å². The second-order valence-electron chi connectivity index (χ2n) is 9.14. The van der Waals surface area contributed by atoms with E-state index in [4.69, 9.17) is 0 Å². The van der Waals surface area contributed by atoms with Crippen LogP contribution in [0.3, 0.4) is 0 Å². The third-order valence-electron chi connectivity index (χ3n) is 5.99. The zero-order valence-electron chi connectivity index (χ0n) is 21.1. The van der Waals surface area contributed by atoms with Crippen LogP contribution >= 0.6 is 7.92 Å². The molecule has 0 bridgehead atoms. The minimum atomic E-state index is -0.0206. The monoisotopic (exact) mass is 686 g/mol. The van der Waals surface area contributed by atoms with Crippen molar-refractivity contribution in [1.29, 1.82) is 0 Å². The zero-order valence-corrected chi connectivity index (χ0v) is 27.1. The molecule has 0 heterocycles. The van der Waals surface area contributed by atoms with E-state index in [2.05, 4.69) is 132 Å². The van der Waals surface area contributed by atoms with E-state index in [0.717, 1.165) is 11.3 Å². The molecule has 0 N–H and O–H groups in total. The molecule has 180 valence electrons. The van der Waals surface area contributed by atoms with Crippen molar-refractivity contribution in [3.8, 4) is 11.1 Å². The maximum atomic E-state index is 2.39. The SMILES string of the molecule is CC(C)P(c1cc2ccccc2[cH-]1)C(C)C.Cc1cc2c(-c3ccccc3)cccc2[cH-]1.[Cl-].[Cl-].[Hf+4]. The average molecular weight is 686 g/mol. The first-order chi connectivity index (χ1) is 15.4. The molecule has 0 amide bonds. The van der Waals surface area contributed by atoms with Crippen molar-refractivity contribution in [2.45, 2.75) is 45.9 Å². The Balaban J connectivity index is 0.000000322. The molecule has 0 aliphatic carbocycles. The van der Waals surface area contributed by atoms with Gasteiger partial charge in [-0.05, 0) is 16.9 Å². The largest absolute Gasteiger partial charge is 4.00 e. The third kappa shape index (κ3) is 7.62. The molecule has 4 heteroatoms. The molecule has 35 heavy (non-hydrogen) atoms. The molecule has 0 aliphatic rings. The standard InChI is InChI=1S/C16H13.C15H20P.2ClH.Hf/c1-12-10-14-8-5-9-15(16(14)11-12)13-6-3-2-4-7-13;1-11(2)16(12(3)4)15-9-13-7-5-6-8-14(13)10-15;;;/h2-11H,1H3;5-12H,1-4H3;2*1H;/q2*-1;;;+4/p-2. The predicted molar refractivity (Wildman–Crippen MR) is 146 cm³/mol. The van der Waals surface area contributed by atoms with Crippen LogP contribution in [0.25, 0.3) is 32.7 Å². The Morgan fingerprint density at radius 2 is 1.26 bits per heavy atom. The molecule has 0 saturated carbocycles. The van der Waals surface area contributed by atoms with Gasteiger partial charge < -0.3 is 24.8 Å². The van der Waals surface area contributed by atoms with E-state index in [0.29, 0.717) is 0 Å². The van der Waals surface area contributed by atoms with Crippen LogP contribution in [0.1, 0.15) is 33.3 Å². The molecule has 0 fully saturated rings. The second kappa shape index (κ2) is 14.5. The summed E-state index contributed by atoms with van der Waals surface area (Å²) < 4.78 is 0. The Morgan fingerprint density at radius 1 is 0.657 bits per heavy atom. The number of rotatable bonds is 4. The van der Waals surface area contributed by atoms with Gasteiger partial charge in [-0.25, -0.2) is 0 Å². The van der Waals surface area contributed by atoms with E-state index in [1.54, 1.807) is 5.30 Å². The van der Waals surface area contributed by atoms with Gasteiger partial charge in [0.25, 0.3) is 0 Å². The summed E-state index contributed by atoms with van der Waals surface area (Å²) in [6.45, 7) is 11.5. The molecular weight excluding hydrogens is 653 g/mol. The molecule has 0 spiro atoms. The number of aryl methyl sites for hydroxylation is 1. The van der Waals surface area contributed by atoms with Crippen LogP contribution in [0.15, 0.2) is 97.1 Å². The number of halogens is 2. The van der Waals surface area contributed by atoms with E-state index in [9.17, 15) is 0 Å². The maximum absolute atomic E-state index is 2.39. The van der Waals surface area contributed by atoms with Gasteiger partial charge >= 0.3 is 25.8 Å². The second-order valence-corrected chi connectivity index (χ2v) is 12.5. The van der Waals surface area contributed by atoms with Crippen LogP contribution in [0.2, 0.25) is 0 Å². The van der Waals surface area contributed by atoms with Crippen molar-refractivity contribution in [2.24, 2.45) is 0 Å². The minimum Gasteiger partial charge on any atom is -1.00 e. The summed E-state index contributed by atoms with van der Waals surface area (Å²) in [7, 11) is -0.0206. The smallest absolute Gasteiger partial charge is 1.00 e. The Bertz CT molecular complexity index is 1260. The van der Waals surface area contributed by atoms with Gasteiger partial charge in [0.2, 0.25) is 0 Å². The summed E-state index contributed by atoms with van der Waals surface area (Å²) in [5.74, 6) is 0. The summed E-state index contributed by atoms with van der Waals surface area (Å²) in [4.78, 5) is 0. The van der Waals surface area contributed by atoms with Crippen molar-refractivity contribution in [3.63, 3.8) is 0 Å². The van der Waals surface area contributed by atoms with Gasteiger partial charge in [0.15, 0.2) is 0 Å². The van der Waals surface area contributed by atoms with Gasteiger partial charge in [0.05, 0.1) is 0 Å². The van der Waals surface area contributed by atoms with Crippen molar-refractivity contribution in [3.05, 3.63) is 103 Å². The van der Waals surface area contributed by atoms with Crippen LogP contribution < -0.4 is 30.1 Å². The van der Waals surface area contributed by atoms with Gasteiger partial charge in [-0.15, -0.1) is 74.9 Å². The van der Waals surface area contributed by atoms with Gasteiger partial charge in [-0.3, -0.25) is 0 Å². The first kappa shape index (κ1) is 31.8. The van der Waals surface area contributed by atoms with Crippen molar-refractivity contribution in [2.75, 3.05) is 0 Å². The Hall–Kier alpha value is -1.24. The first-order valence-corrected chi connectivity index (χ1v) is 13.1. The fraction of sp³-hybridized carbons (Fsp3) is 0.226. The molecule has 0 aromatic heterocycles. The zero-order chi connectivity index (χ0) is 22.7. The first-order valence-electron chi connectivity index (χ1n) is 11.6. The topological polar surface area (TPSA) is 0 Å². The summed E-state index contributed by atoms with van der Waals surface area (Å²) in [5, 5.41) is 7.05. The van der Waals surface area contributed by atoms with E-state index in [-0.39, 0.29) is 58.6 Å². The summed E-state index contributed by atoms with van der Waals surface area (Å²) in [5.41, 5.74) is 5.49. The molecule has 5 rings (SSSR count). The van der Waals surface area contributed by atoms with Gasteiger partial charge in [-0.1, -0.05) is 90.6 Å². The van der Waals surface area contributed by atoms with Gasteiger partial charge in [-0.2, -0.15) is 12.1 Å². The minimum absolute atomic E-state index is 0. The molecule has 0 nitrogen and oxygen atoms in total. The molecular formula is C31H33Cl2HfP. The van der Waals surface area contributed by atoms with E-state index in [1.807, 2.05) is 0 Å². The molecule has 0 saturated heterocycles. The average Bonchev–Trinajstić information content (AvgIpc) is 3.36. The molecule has 5 aromatic rings. The number of hydrogen-bond donors (Lipinski definition) is 0. The quantitative estimate of drug-likeness (QED) is 0.155. The van der Waals surface area contributed by atoms with E-state index >= 15 is 0 Å². The van der Waals surface area contributed by atoms with Crippen molar-refractivity contribution in [1.82, 2.24) is 0 Å². The van der Waals surface area contributed by atoms with Crippen LogP contribution in [-0.2, 0) is 25.8 Å². The fourth-order valence-electron chi connectivity index (χ4n) is 4.73. The Morgan fingerprint density at radius 3 is 1.89 bits per heavy atom. The molecule has 0 aliphatic heterocycles. The summed E-state index contributed by atoms with van der Waals surface area (Å²) in [6, 6.07) is 35.0.